The zero-order valence-electron chi connectivity index (χ0n) is 12.5. The van der Waals surface area contributed by atoms with Gasteiger partial charge in [0.2, 0.25) is 0 Å². The summed E-state index contributed by atoms with van der Waals surface area (Å²) in [5.41, 5.74) is 3.06. The molecule has 110 valence electrons. The van der Waals surface area contributed by atoms with Gasteiger partial charge in [0.1, 0.15) is 6.10 Å². The van der Waals surface area contributed by atoms with Crippen LogP contribution in [0.3, 0.4) is 0 Å². The SMILES string of the molecule is CC1=CC(C)CC(C(O)c2cnnn2-c2ccccc2)C1. The predicted octanol–water partition coefficient (Wildman–Crippen LogP) is 3.29. The molecular weight excluding hydrogens is 262 g/mol. The molecule has 0 aliphatic heterocycles. The third-order valence-corrected chi connectivity index (χ3v) is 4.15. The van der Waals surface area contributed by atoms with Gasteiger partial charge in [0.05, 0.1) is 17.6 Å². The molecule has 0 saturated heterocycles. The molecule has 0 bridgehead atoms. The number of nitrogens with zero attached hydrogens (tertiary/aromatic N) is 3. The van der Waals surface area contributed by atoms with Crippen molar-refractivity contribution in [1.82, 2.24) is 15.0 Å². The second-order valence-electron chi connectivity index (χ2n) is 6.04. The zero-order chi connectivity index (χ0) is 14.8. The average Bonchev–Trinajstić information content (AvgIpc) is 2.95. The van der Waals surface area contributed by atoms with E-state index in [4.69, 9.17) is 0 Å². The smallest absolute Gasteiger partial charge is 0.101 e. The Labute approximate surface area is 125 Å². The molecule has 0 saturated carbocycles. The van der Waals surface area contributed by atoms with E-state index in [1.165, 1.54) is 5.57 Å². The molecule has 1 aromatic heterocycles. The number of allylic oxidation sites excluding steroid dienone is 2. The van der Waals surface area contributed by atoms with Gasteiger partial charge in [-0.15, -0.1) is 5.10 Å². The lowest BCUT2D eigenvalue weighted by atomic mass is 9.80. The first-order valence-corrected chi connectivity index (χ1v) is 7.46. The van der Waals surface area contributed by atoms with Crippen molar-refractivity contribution in [3.63, 3.8) is 0 Å². The van der Waals surface area contributed by atoms with Crippen LogP contribution in [0.15, 0.2) is 48.2 Å². The molecule has 1 N–H and O–H groups in total. The summed E-state index contributed by atoms with van der Waals surface area (Å²) in [6.45, 7) is 4.34. The lowest BCUT2D eigenvalue weighted by Crippen LogP contribution is -2.21. The largest absolute Gasteiger partial charge is 0.386 e. The molecule has 2 aromatic rings. The van der Waals surface area contributed by atoms with Crippen molar-refractivity contribution in [3.05, 3.63) is 53.9 Å². The molecule has 0 fully saturated rings. The van der Waals surface area contributed by atoms with E-state index in [9.17, 15) is 5.11 Å². The third kappa shape index (κ3) is 2.90. The Hall–Kier alpha value is -1.94. The number of hydrogen-bond acceptors (Lipinski definition) is 3. The van der Waals surface area contributed by atoms with Gasteiger partial charge in [-0.25, -0.2) is 4.68 Å². The fourth-order valence-corrected chi connectivity index (χ4v) is 3.29. The van der Waals surface area contributed by atoms with E-state index < -0.39 is 6.10 Å². The highest BCUT2D eigenvalue weighted by atomic mass is 16.3. The van der Waals surface area contributed by atoms with E-state index in [-0.39, 0.29) is 5.92 Å². The van der Waals surface area contributed by atoms with Crippen molar-refractivity contribution in [2.45, 2.75) is 32.8 Å². The lowest BCUT2D eigenvalue weighted by molar-refractivity contribution is 0.0871. The molecule has 0 radical (unpaired) electrons. The number of aliphatic hydroxyl groups is 1. The second kappa shape index (κ2) is 5.82. The molecule has 4 heteroatoms. The number of hydrogen-bond donors (Lipinski definition) is 1. The van der Waals surface area contributed by atoms with Crippen LogP contribution in [-0.2, 0) is 0 Å². The molecule has 3 unspecified atom stereocenters. The van der Waals surface area contributed by atoms with Gasteiger partial charge in [-0.05, 0) is 43.7 Å². The molecule has 21 heavy (non-hydrogen) atoms. The van der Waals surface area contributed by atoms with Gasteiger partial charge in [0, 0.05) is 0 Å². The van der Waals surface area contributed by atoms with Crippen LogP contribution in [0.1, 0.15) is 38.5 Å². The molecule has 3 rings (SSSR count). The van der Waals surface area contributed by atoms with Crippen molar-refractivity contribution in [1.29, 1.82) is 0 Å². The average molecular weight is 283 g/mol. The normalized spacial score (nSPS) is 23.7. The summed E-state index contributed by atoms with van der Waals surface area (Å²) in [5, 5.41) is 18.9. The lowest BCUT2D eigenvalue weighted by Gasteiger charge is -2.29. The summed E-state index contributed by atoms with van der Waals surface area (Å²) < 4.78 is 1.74. The summed E-state index contributed by atoms with van der Waals surface area (Å²) >= 11 is 0. The Morgan fingerprint density at radius 3 is 2.76 bits per heavy atom. The molecule has 3 atom stereocenters. The minimum atomic E-state index is -0.536. The summed E-state index contributed by atoms with van der Waals surface area (Å²) in [7, 11) is 0. The number of rotatable bonds is 3. The molecule has 1 heterocycles. The van der Waals surface area contributed by atoms with Crippen LogP contribution in [0.5, 0.6) is 0 Å². The molecule has 1 aliphatic carbocycles. The molecule has 0 amide bonds. The monoisotopic (exact) mass is 283 g/mol. The third-order valence-electron chi connectivity index (χ3n) is 4.15. The minimum absolute atomic E-state index is 0.228. The minimum Gasteiger partial charge on any atom is -0.386 e. The topological polar surface area (TPSA) is 50.9 Å². The van der Waals surface area contributed by atoms with Gasteiger partial charge in [-0.1, -0.05) is 42.0 Å². The zero-order valence-corrected chi connectivity index (χ0v) is 12.5. The van der Waals surface area contributed by atoms with Crippen LogP contribution in [0.4, 0.5) is 0 Å². The maximum absolute atomic E-state index is 10.8. The van der Waals surface area contributed by atoms with E-state index >= 15 is 0 Å². The van der Waals surface area contributed by atoms with Crippen LogP contribution >= 0.6 is 0 Å². The maximum atomic E-state index is 10.8. The molecule has 4 nitrogen and oxygen atoms in total. The summed E-state index contributed by atoms with van der Waals surface area (Å²) in [4.78, 5) is 0. The van der Waals surface area contributed by atoms with Gasteiger partial charge in [-0.3, -0.25) is 0 Å². The van der Waals surface area contributed by atoms with Crippen LogP contribution in [-0.4, -0.2) is 20.1 Å². The van der Waals surface area contributed by atoms with E-state index in [0.717, 1.165) is 24.2 Å². The fraction of sp³-hybridized carbons (Fsp3) is 0.412. The first-order valence-electron chi connectivity index (χ1n) is 7.46. The highest BCUT2D eigenvalue weighted by Crippen LogP contribution is 2.36. The first-order chi connectivity index (χ1) is 10.1. The maximum Gasteiger partial charge on any atom is 0.101 e. The fourth-order valence-electron chi connectivity index (χ4n) is 3.29. The van der Waals surface area contributed by atoms with Gasteiger partial charge < -0.3 is 5.11 Å². The van der Waals surface area contributed by atoms with Crippen LogP contribution in [0.25, 0.3) is 5.69 Å². The Bertz CT molecular complexity index is 632. The molecule has 1 aromatic carbocycles. The van der Waals surface area contributed by atoms with Crippen molar-refractivity contribution in [3.8, 4) is 5.69 Å². The Morgan fingerprint density at radius 2 is 2.05 bits per heavy atom. The van der Waals surface area contributed by atoms with Gasteiger partial charge >= 0.3 is 0 Å². The Kier molecular flexibility index (Phi) is 3.88. The van der Waals surface area contributed by atoms with E-state index in [1.807, 2.05) is 30.3 Å². The standard InChI is InChI=1S/C17H21N3O/c1-12-8-13(2)10-14(9-12)17(21)16-11-18-19-20(16)15-6-4-3-5-7-15/h3-8,11-12,14,17,21H,9-10H2,1-2H3. The molecular formula is C17H21N3O. The van der Waals surface area contributed by atoms with Crippen molar-refractivity contribution in [2.24, 2.45) is 11.8 Å². The van der Waals surface area contributed by atoms with Gasteiger partial charge in [-0.2, -0.15) is 0 Å². The van der Waals surface area contributed by atoms with Crippen LogP contribution in [0.2, 0.25) is 0 Å². The number of aromatic nitrogens is 3. The summed E-state index contributed by atoms with van der Waals surface area (Å²) in [6.07, 6.45) is 5.38. The quantitative estimate of drug-likeness (QED) is 0.879. The number of para-hydroxylation sites is 1. The summed E-state index contributed by atoms with van der Waals surface area (Å²) in [5.74, 6) is 0.741. The van der Waals surface area contributed by atoms with Crippen LogP contribution < -0.4 is 0 Å². The van der Waals surface area contributed by atoms with E-state index in [1.54, 1.807) is 10.9 Å². The Morgan fingerprint density at radius 1 is 1.29 bits per heavy atom. The van der Waals surface area contributed by atoms with E-state index in [2.05, 4.69) is 30.2 Å². The Balaban J connectivity index is 1.88. The summed E-state index contributed by atoms with van der Waals surface area (Å²) in [6, 6.07) is 9.83. The van der Waals surface area contributed by atoms with E-state index in [0.29, 0.717) is 5.92 Å². The molecule has 0 spiro atoms. The number of benzene rings is 1. The van der Waals surface area contributed by atoms with Crippen LogP contribution in [0, 0.1) is 11.8 Å². The highest BCUT2D eigenvalue weighted by Gasteiger charge is 2.28. The molecule has 1 aliphatic rings. The van der Waals surface area contributed by atoms with Gasteiger partial charge in [0.25, 0.3) is 0 Å². The van der Waals surface area contributed by atoms with Crippen molar-refractivity contribution >= 4 is 0 Å². The predicted molar refractivity (Wildman–Crippen MR) is 82.0 cm³/mol. The van der Waals surface area contributed by atoms with Gasteiger partial charge in [0.15, 0.2) is 0 Å². The van der Waals surface area contributed by atoms with Crippen molar-refractivity contribution < 1.29 is 5.11 Å². The second-order valence-corrected chi connectivity index (χ2v) is 6.04. The van der Waals surface area contributed by atoms with Crippen molar-refractivity contribution in [2.75, 3.05) is 0 Å². The first kappa shape index (κ1) is 14.0. The highest BCUT2D eigenvalue weighted by molar-refractivity contribution is 5.32. The number of aliphatic hydroxyl groups excluding tert-OH is 1.